The maximum Gasteiger partial charge on any atom is 0.337 e. The molecule has 1 aromatic rings. The van der Waals surface area contributed by atoms with E-state index in [9.17, 15) is 9.90 Å². The lowest BCUT2D eigenvalue weighted by molar-refractivity contribution is 0.0600. The summed E-state index contributed by atoms with van der Waals surface area (Å²) in [7, 11) is 1.38. The van der Waals surface area contributed by atoms with Crippen LogP contribution in [0.5, 0.6) is 0 Å². The Morgan fingerprint density at radius 2 is 2.00 bits per heavy atom. The number of carbonyl (C=O) groups excluding carboxylic acids is 1. The van der Waals surface area contributed by atoms with Crippen molar-refractivity contribution in [3.05, 3.63) is 35.4 Å². The maximum atomic E-state index is 11.3. The minimum Gasteiger partial charge on any atom is -0.465 e. The van der Waals surface area contributed by atoms with E-state index in [1.54, 1.807) is 12.1 Å². The van der Waals surface area contributed by atoms with Gasteiger partial charge in [0.2, 0.25) is 0 Å². The van der Waals surface area contributed by atoms with E-state index in [0.29, 0.717) is 12.1 Å². The van der Waals surface area contributed by atoms with Gasteiger partial charge in [-0.3, -0.25) is 0 Å². The van der Waals surface area contributed by atoms with E-state index in [2.05, 4.69) is 10.1 Å². The van der Waals surface area contributed by atoms with Gasteiger partial charge in [-0.2, -0.15) is 0 Å². The van der Waals surface area contributed by atoms with Crippen LogP contribution in [0.1, 0.15) is 41.6 Å². The lowest BCUT2D eigenvalue weighted by Crippen LogP contribution is -2.41. The van der Waals surface area contributed by atoms with Crippen molar-refractivity contribution in [1.82, 2.24) is 5.32 Å². The molecule has 2 rings (SSSR count). The van der Waals surface area contributed by atoms with Crippen LogP contribution in [-0.4, -0.2) is 30.3 Å². The van der Waals surface area contributed by atoms with Crippen LogP contribution in [0.15, 0.2) is 24.3 Å². The van der Waals surface area contributed by atoms with Gasteiger partial charge in [0, 0.05) is 12.6 Å². The van der Waals surface area contributed by atoms with E-state index in [-0.39, 0.29) is 18.1 Å². The summed E-state index contributed by atoms with van der Waals surface area (Å²) in [6, 6.07) is 7.54. The van der Waals surface area contributed by atoms with Crippen molar-refractivity contribution in [3.8, 4) is 0 Å². The third-order valence-electron chi connectivity index (χ3n) is 3.67. The average Bonchev–Trinajstić information content (AvgIpc) is 2.46. The number of aliphatic hydroxyl groups is 1. The molecule has 0 bridgehead atoms. The van der Waals surface area contributed by atoms with Crippen LogP contribution in [0.4, 0.5) is 0 Å². The molecule has 0 saturated heterocycles. The number of hydrogen-bond acceptors (Lipinski definition) is 4. The van der Waals surface area contributed by atoms with Crippen molar-refractivity contribution < 1.29 is 14.6 Å². The summed E-state index contributed by atoms with van der Waals surface area (Å²) < 4.78 is 4.66. The number of esters is 1. The Labute approximate surface area is 113 Å². The number of methoxy groups -OCH3 is 1. The van der Waals surface area contributed by atoms with Crippen molar-refractivity contribution in [2.75, 3.05) is 7.11 Å². The number of carbonyl (C=O) groups is 1. The van der Waals surface area contributed by atoms with Crippen LogP contribution in [0.3, 0.4) is 0 Å². The fourth-order valence-electron chi connectivity index (χ4n) is 2.47. The third kappa shape index (κ3) is 3.78. The summed E-state index contributed by atoms with van der Waals surface area (Å²) >= 11 is 0. The van der Waals surface area contributed by atoms with Gasteiger partial charge in [-0.1, -0.05) is 25.0 Å². The fraction of sp³-hybridized carbons (Fsp3) is 0.533. The first-order chi connectivity index (χ1) is 9.20. The van der Waals surface area contributed by atoms with Crippen LogP contribution in [0, 0.1) is 0 Å². The standard InChI is InChI=1S/C15H21NO3/c1-19-15(18)12-8-6-11(7-9-12)10-16-13-4-2-3-5-14(13)17/h6-9,13-14,16-17H,2-5,10H2,1H3. The number of rotatable bonds is 4. The zero-order valence-corrected chi connectivity index (χ0v) is 11.3. The van der Waals surface area contributed by atoms with Gasteiger partial charge in [0.15, 0.2) is 0 Å². The van der Waals surface area contributed by atoms with Crippen molar-refractivity contribution >= 4 is 5.97 Å². The molecule has 1 aromatic carbocycles. The second-order valence-corrected chi connectivity index (χ2v) is 5.03. The average molecular weight is 263 g/mol. The van der Waals surface area contributed by atoms with Crippen LogP contribution in [0.2, 0.25) is 0 Å². The highest BCUT2D eigenvalue weighted by Crippen LogP contribution is 2.18. The van der Waals surface area contributed by atoms with E-state index < -0.39 is 0 Å². The van der Waals surface area contributed by atoms with Crippen LogP contribution in [-0.2, 0) is 11.3 Å². The molecule has 0 spiro atoms. The molecule has 1 saturated carbocycles. The van der Waals surface area contributed by atoms with E-state index in [1.807, 2.05) is 12.1 Å². The summed E-state index contributed by atoms with van der Waals surface area (Å²) in [5.74, 6) is -0.317. The normalized spacial score (nSPS) is 23.1. The molecule has 0 aliphatic heterocycles. The summed E-state index contributed by atoms with van der Waals surface area (Å²) in [6.07, 6.45) is 3.98. The predicted octanol–water partition coefficient (Wildman–Crippen LogP) is 1.87. The van der Waals surface area contributed by atoms with Crippen molar-refractivity contribution in [2.45, 2.75) is 44.4 Å². The van der Waals surface area contributed by atoms with Crippen molar-refractivity contribution in [3.63, 3.8) is 0 Å². The van der Waals surface area contributed by atoms with E-state index in [0.717, 1.165) is 24.8 Å². The van der Waals surface area contributed by atoms with Crippen molar-refractivity contribution in [1.29, 1.82) is 0 Å². The SMILES string of the molecule is COC(=O)c1ccc(CNC2CCCCC2O)cc1. The lowest BCUT2D eigenvalue weighted by atomic mass is 9.92. The molecular formula is C15H21NO3. The molecule has 0 aromatic heterocycles. The molecule has 0 amide bonds. The smallest absolute Gasteiger partial charge is 0.337 e. The highest BCUT2D eigenvalue weighted by molar-refractivity contribution is 5.89. The number of ether oxygens (including phenoxy) is 1. The number of aliphatic hydroxyl groups excluding tert-OH is 1. The highest BCUT2D eigenvalue weighted by Gasteiger charge is 2.22. The van der Waals surface area contributed by atoms with Crippen LogP contribution in [0.25, 0.3) is 0 Å². The zero-order chi connectivity index (χ0) is 13.7. The molecule has 104 valence electrons. The molecule has 2 N–H and O–H groups in total. The Morgan fingerprint density at radius 3 is 2.63 bits per heavy atom. The molecule has 2 unspecified atom stereocenters. The van der Waals surface area contributed by atoms with Gasteiger partial charge >= 0.3 is 5.97 Å². The van der Waals surface area contributed by atoms with Gasteiger partial charge < -0.3 is 15.2 Å². The van der Waals surface area contributed by atoms with Gasteiger partial charge in [0.05, 0.1) is 18.8 Å². The first-order valence-electron chi connectivity index (χ1n) is 6.79. The van der Waals surface area contributed by atoms with E-state index >= 15 is 0 Å². The fourth-order valence-corrected chi connectivity index (χ4v) is 2.47. The molecule has 1 aliphatic carbocycles. The summed E-state index contributed by atoms with van der Waals surface area (Å²) in [6.45, 7) is 0.711. The second kappa shape index (κ2) is 6.68. The molecule has 1 fully saturated rings. The Morgan fingerprint density at radius 1 is 1.32 bits per heavy atom. The van der Waals surface area contributed by atoms with E-state index in [4.69, 9.17) is 0 Å². The van der Waals surface area contributed by atoms with E-state index in [1.165, 1.54) is 13.5 Å². The first kappa shape index (κ1) is 14.0. The summed E-state index contributed by atoms with van der Waals surface area (Å²) in [5, 5.41) is 13.3. The predicted molar refractivity (Wildman–Crippen MR) is 72.9 cm³/mol. The molecule has 4 heteroatoms. The topological polar surface area (TPSA) is 58.6 Å². The van der Waals surface area contributed by atoms with Crippen LogP contribution >= 0.6 is 0 Å². The van der Waals surface area contributed by atoms with Gasteiger partial charge in [0.1, 0.15) is 0 Å². The second-order valence-electron chi connectivity index (χ2n) is 5.03. The molecule has 4 nitrogen and oxygen atoms in total. The monoisotopic (exact) mass is 263 g/mol. The Kier molecular flexibility index (Phi) is 4.93. The Hall–Kier alpha value is -1.39. The molecule has 0 heterocycles. The molecule has 2 atom stereocenters. The number of benzene rings is 1. The zero-order valence-electron chi connectivity index (χ0n) is 11.3. The van der Waals surface area contributed by atoms with Gasteiger partial charge in [0.25, 0.3) is 0 Å². The minimum absolute atomic E-state index is 0.189. The van der Waals surface area contributed by atoms with Gasteiger partial charge in [-0.25, -0.2) is 4.79 Å². The number of nitrogens with one attached hydrogen (secondary N) is 1. The Balaban J connectivity index is 1.87. The molecule has 0 radical (unpaired) electrons. The lowest BCUT2D eigenvalue weighted by Gasteiger charge is -2.28. The maximum absolute atomic E-state index is 11.3. The molecule has 1 aliphatic rings. The largest absolute Gasteiger partial charge is 0.465 e. The van der Waals surface area contributed by atoms with Crippen molar-refractivity contribution in [2.24, 2.45) is 0 Å². The number of hydrogen-bond donors (Lipinski definition) is 2. The summed E-state index contributed by atoms with van der Waals surface area (Å²) in [4.78, 5) is 11.3. The third-order valence-corrected chi connectivity index (χ3v) is 3.67. The van der Waals surface area contributed by atoms with Gasteiger partial charge in [-0.05, 0) is 30.5 Å². The quantitative estimate of drug-likeness (QED) is 0.814. The molecular weight excluding hydrogens is 242 g/mol. The highest BCUT2D eigenvalue weighted by atomic mass is 16.5. The Bertz CT molecular complexity index is 416. The van der Waals surface area contributed by atoms with Crippen LogP contribution < -0.4 is 5.32 Å². The first-order valence-corrected chi connectivity index (χ1v) is 6.79. The van der Waals surface area contributed by atoms with Gasteiger partial charge in [-0.15, -0.1) is 0 Å². The molecule has 19 heavy (non-hydrogen) atoms. The minimum atomic E-state index is -0.317. The summed E-state index contributed by atoms with van der Waals surface area (Å²) in [5.41, 5.74) is 1.66.